The number of rotatable bonds is 1. The van der Waals surface area contributed by atoms with Crippen LogP contribution < -0.4 is 0 Å². The number of nitrogens with one attached hydrogen (secondary N) is 1. The lowest BCUT2D eigenvalue weighted by Gasteiger charge is -1.99. The van der Waals surface area contributed by atoms with E-state index in [1.807, 2.05) is 13.0 Å². The van der Waals surface area contributed by atoms with Crippen LogP contribution in [0.25, 0.3) is 0 Å². The summed E-state index contributed by atoms with van der Waals surface area (Å²) in [5, 5.41) is 8.76. The summed E-state index contributed by atoms with van der Waals surface area (Å²) in [6.45, 7) is 1.96. The molecule has 0 amide bonds. The number of aliphatic hydroxyl groups is 1. The summed E-state index contributed by atoms with van der Waals surface area (Å²) < 4.78 is 0.703. The van der Waals surface area contributed by atoms with Gasteiger partial charge in [0.05, 0.1) is 6.61 Å². The number of aromatic amines is 1. The highest BCUT2D eigenvalue weighted by atomic mass is 32.1. The van der Waals surface area contributed by atoms with E-state index in [1.165, 1.54) is 0 Å². The van der Waals surface area contributed by atoms with Gasteiger partial charge >= 0.3 is 0 Å². The number of aromatic nitrogens is 1. The van der Waals surface area contributed by atoms with Gasteiger partial charge in [0, 0.05) is 5.69 Å². The highest BCUT2D eigenvalue weighted by molar-refractivity contribution is 7.71. The minimum atomic E-state index is 0.0674. The summed E-state index contributed by atoms with van der Waals surface area (Å²) in [6, 6.07) is 3.60. The molecular weight excluding hydrogens is 146 g/mol. The van der Waals surface area contributed by atoms with Gasteiger partial charge in [0.2, 0.25) is 0 Å². The van der Waals surface area contributed by atoms with Gasteiger partial charge in [-0.2, -0.15) is 0 Å². The second kappa shape index (κ2) is 2.94. The van der Waals surface area contributed by atoms with Crippen molar-refractivity contribution in [3.63, 3.8) is 0 Å². The van der Waals surface area contributed by atoms with E-state index < -0.39 is 0 Å². The van der Waals surface area contributed by atoms with Gasteiger partial charge in [-0.05, 0) is 18.6 Å². The van der Waals surface area contributed by atoms with Crippen LogP contribution in [-0.4, -0.2) is 10.1 Å². The Morgan fingerprint density at radius 2 is 2.30 bits per heavy atom. The second-order valence-corrected chi connectivity index (χ2v) is 2.57. The van der Waals surface area contributed by atoms with E-state index in [4.69, 9.17) is 17.3 Å². The number of aryl methyl sites for hydroxylation is 1. The van der Waals surface area contributed by atoms with E-state index in [0.29, 0.717) is 4.64 Å². The zero-order valence-electron chi connectivity index (χ0n) is 5.72. The van der Waals surface area contributed by atoms with Crippen molar-refractivity contribution < 1.29 is 5.11 Å². The van der Waals surface area contributed by atoms with Crippen molar-refractivity contribution in [2.24, 2.45) is 0 Å². The Morgan fingerprint density at radius 3 is 2.80 bits per heavy atom. The third-order valence-electron chi connectivity index (χ3n) is 1.40. The van der Waals surface area contributed by atoms with E-state index in [0.717, 1.165) is 11.3 Å². The van der Waals surface area contributed by atoms with E-state index >= 15 is 0 Å². The van der Waals surface area contributed by atoms with Crippen molar-refractivity contribution in [1.82, 2.24) is 4.98 Å². The minimum Gasteiger partial charge on any atom is -0.392 e. The smallest absolute Gasteiger partial charge is 0.103 e. The maximum Gasteiger partial charge on any atom is 0.103 e. The Morgan fingerprint density at radius 1 is 1.60 bits per heavy atom. The molecular formula is C7H9NOS. The van der Waals surface area contributed by atoms with Gasteiger partial charge in [-0.3, -0.25) is 0 Å². The number of pyridine rings is 1. The first-order valence-corrected chi connectivity index (χ1v) is 3.44. The lowest BCUT2D eigenvalue weighted by molar-refractivity contribution is 0.280. The molecule has 1 aromatic rings. The third-order valence-corrected chi connectivity index (χ3v) is 1.64. The van der Waals surface area contributed by atoms with Crippen LogP contribution in [0.15, 0.2) is 12.1 Å². The topological polar surface area (TPSA) is 36.0 Å². The quantitative estimate of drug-likeness (QED) is 0.603. The number of H-pyrrole nitrogens is 1. The van der Waals surface area contributed by atoms with Crippen LogP contribution >= 0.6 is 12.2 Å². The van der Waals surface area contributed by atoms with Gasteiger partial charge in [-0.15, -0.1) is 0 Å². The van der Waals surface area contributed by atoms with Gasteiger partial charge in [-0.25, -0.2) is 0 Å². The van der Waals surface area contributed by atoms with Crippen molar-refractivity contribution in [3.8, 4) is 0 Å². The molecule has 0 aliphatic carbocycles. The Labute approximate surface area is 64.5 Å². The van der Waals surface area contributed by atoms with Crippen LogP contribution in [0.5, 0.6) is 0 Å². The van der Waals surface area contributed by atoms with Crippen molar-refractivity contribution >= 4 is 12.2 Å². The van der Waals surface area contributed by atoms with Gasteiger partial charge in [-0.1, -0.05) is 18.3 Å². The van der Waals surface area contributed by atoms with Crippen molar-refractivity contribution in [1.29, 1.82) is 0 Å². The molecule has 1 rings (SSSR count). The van der Waals surface area contributed by atoms with E-state index in [1.54, 1.807) is 6.07 Å². The summed E-state index contributed by atoms with van der Waals surface area (Å²) in [4.78, 5) is 2.94. The molecule has 0 radical (unpaired) electrons. The first kappa shape index (κ1) is 7.44. The normalized spacial score (nSPS) is 9.80. The number of hydrogen-bond donors (Lipinski definition) is 2. The maximum absolute atomic E-state index is 8.76. The van der Waals surface area contributed by atoms with Crippen LogP contribution in [0.1, 0.15) is 11.3 Å². The largest absolute Gasteiger partial charge is 0.392 e. The van der Waals surface area contributed by atoms with E-state index in [9.17, 15) is 0 Å². The molecule has 0 aliphatic heterocycles. The zero-order valence-corrected chi connectivity index (χ0v) is 6.53. The Kier molecular flexibility index (Phi) is 2.19. The molecule has 10 heavy (non-hydrogen) atoms. The molecule has 0 unspecified atom stereocenters. The summed E-state index contributed by atoms with van der Waals surface area (Å²) in [6.07, 6.45) is 0. The first-order chi connectivity index (χ1) is 4.74. The monoisotopic (exact) mass is 155 g/mol. The van der Waals surface area contributed by atoms with Crippen LogP contribution in [0.4, 0.5) is 0 Å². The third kappa shape index (κ3) is 1.43. The molecule has 54 valence electrons. The van der Waals surface area contributed by atoms with Crippen molar-refractivity contribution in [2.75, 3.05) is 0 Å². The first-order valence-electron chi connectivity index (χ1n) is 3.03. The highest BCUT2D eigenvalue weighted by Gasteiger charge is 1.92. The summed E-state index contributed by atoms with van der Waals surface area (Å²) in [7, 11) is 0. The molecule has 3 heteroatoms. The van der Waals surface area contributed by atoms with E-state index in [-0.39, 0.29) is 6.61 Å². The molecule has 1 heterocycles. The van der Waals surface area contributed by atoms with Gasteiger partial charge < -0.3 is 10.1 Å². The average Bonchev–Trinajstić information content (AvgIpc) is 1.88. The van der Waals surface area contributed by atoms with Gasteiger partial charge in [0.15, 0.2) is 0 Å². The van der Waals surface area contributed by atoms with Crippen LogP contribution in [-0.2, 0) is 6.61 Å². The SMILES string of the molecule is Cc1[nH]c(=S)ccc1CO. The summed E-state index contributed by atoms with van der Waals surface area (Å²) >= 11 is 4.87. The molecule has 2 N–H and O–H groups in total. The number of aliphatic hydroxyl groups excluding tert-OH is 1. The minimum absolute atomic E-state index is 0.0674. The molecule has 2 nitrogen and oxygen atoms in total. The fourth-order valence-corrected chi connectivity index (χ4v) is 1.00. The molecule has 0 bridgehead atoms. The molecule has 0 saturated heterocycles. The summed E-state index contributed by atoms with van der Waals surface area (Å²) in [5.74, 6) is 0. The lowest BCUT2D eigenvalue weighted by atomic mass is 10.2. The molecule has 0 spiro atoms. The average molecular weight is 155 g/mol. The lowest BCUT2D eigenvalue weighted by Crippen LogP contribution is -1.90. The van der Waals surface area contributed by atoms with Crippen LogP contribution in [0, 0.1) is 11.6 Å². The molecule has 0 saturated carbocycles. The Balaban J connectivity index is 3.19. The number of hydrogen-bond acceptors (Lipinski definition) is 2. The van der Waals surface area contributed by atoms with Crippen LogP contribution in [0.2, 0.25) is 0 Å². The predicted molar refractivity (Wildman–Crippen MR) is 42.3 cm³/mol. The van der Waals surface area contributed by atoms with E-state index in [2.05, 4.69) is 4.98 Å². The van der Waals surface area contributed by atoms with Crippen molar-refractivity contribution in [3.05, 3.63) is 28.0 Å². The fourth-order valence-electron chi connectivity index (χ4n) is 0.779. The molecule has 0 atom stereocenters. The maximum atomic E-state index is 8.76. The molecule has 0 aliphatic rings. The predicted octanol–water partition coefficient (Wildman–Crippen LogP) is 1.54. The second-order valence-electron chi connectivity index (χ2n) is 2.13. The Bertz CT molecular complexity index is 279. The molecule has 0 fully saturated rings. The zero-order chi connectivity index (χ0) is 7.56. The van der Waals surface area contributed by atoms with Gasteiger partial charge in [0.25, 0.3) is 0 Å². The fraction of sp³-hybridized carbons (Fsp3) is 0.286. The molecule has 1 aromatic heterocycles. The highest BCUT2D eigenvalue weighted by Crippen LogP contribution is 2.03. The Hall–Kier alpha value is -0.670. The molecule has 0 aromatic carbocycles. The standard InChI is InChI=1S/C7H9NOS/c1-5-6(4-9)2-3-7(10)8-5/h2-3,9H,4H2,1H3,(H,8,10). The van der Waals surface area contributed by atoms with Crippen LogP contribution in [0.3, 0.4) is 0 Å². The van der Waals surface area contributed by atoms with Crippen molar-refractivity contribution in [2.45, 2.75) is 13.5 Å². The summed E-state index contributed by atoms with van der Waals surface area (Å²) in [5.41, 5.74) is 1.84. The van der Waals surface area contributed by atoms with Gasteiger partial charge in [0.1, 0.15) is 4.64 Å².